The van der Waals surface area contributed by atoms with Crippen molar-refractivity contribution in [2.45, 2.75) is 19.8 Å². The summed E-state index contributed by atoms with van der Waals surface area (Å²) < 4.78 is 0. The number of carbonyl (C=O) groups excluding carboxylic acids is 2. The van der Waals surface area contributed by atoms with Crippen LogP contribution < -0.4 is 16.0 Å². The van der Waals surface area contributed by atoms with E-state index in [-0.39, 0.29) is 35.5 Å². The molecule has 110 valence electrons. The molecule has 0 bridgehead atoms. The molecule has 1 aromatic heterocycles. The van der Waals surface area contributed by atoms with Crippen LogP contribution in [0.4, 0.5) is 5.82 Å². The fraction of sp³-hybridized carbons (Fsp3) is 0.462. The van der Waals surface area contributed by atoms with Crippen molar-refractivity contribution in [2.75, 3.05) is 25.5 Å². The van der Waals surface area contributed by atoms with E-state index in [1.54, 1.807) is 19.2 Å². The zero-order valence-corrected chi connectivity index (χ0v) is 12.4. The van der Waals surface area contributed by atoms with Crippen molar-refractivity contribution in [1.82, 2.24) is 15.6 Å². The molecule has 0 aliphatic carbocycles. The van der Waals surface area contributed by atoms with Crippen LogP contribution in [0, 0.1) is 0 Å². The van der Waals surface area contributed by atoms with Gasteiger partial charge in [-0.1, -0.05) is 18.5 Å². The molecule has 6 nitrogen and oxygen atoms in total. The average molecular weight is 299 g/mol. The van der Waals surface area contributed by atoms with Crippen molar-refractivity contribution < 1.29 is 9.59 Å². The maximum absolute atomic E-state index is 11.9. The molecule has 0 saturated carbocycles. The standard InChI is InChI=1S/C13H19ClN4O2/c1-3-7-16-10-5-4-9(14)12(18-10)13(20)17-8-6-11(19)15-2/h4-5H,3,6-8H2,1-2H3,(H,15,19)(H,16,18)(H,17,20). The van der Waals surface area contributed by atoms with Gasteiger partial charge in [0.25, 0.3) is 5.91 Å². The van der Waals surface area contributed by atoms with Crippen LogP contribution in [0.15, 0.2) is 12.1 Å². The van der Waals surface area contributed by atoms with Crippen molar-refractivity contribution in [3.63, 3.8) is 0 Å². The first kappa shape index (κ1) is 16.2. The Labute approximate surface area is 123 Å². The molecule has 2 amide bonds. The summed E-state index contributed by atoms with van der Waals surface area (Å²) >= 11 is 5.96. The molecule has 0 atom stereocenters. The molecule has 7 heteroatoms. The summed E-state index contributed by atoms with van der Waals surface area (Å²) in [6.07, 6.45) is 1.17. The third kappa shape index (κ3) is 5.05. The summed E-state index contributed by atoms with van der Waals surface area (Å²) in [5.41, 5.74) is 0.157. The zero-order valence-electron chi connectivity index (χ0n) is 11.6. The average Bonchev–Trinajstić information content (AvgIpc) is 2.45. The van der Waals surface area contributed by atoms with Gasteiger partial charge < -0.3 is 16.0 Å². The van der Waals surface area contributed by atoms with Crippen molar-refractivity contribution in [2.24, 2.45) is 0 Å². The van der Waals surface area contributed by atoms with Crippen LogP contribution in [0.1, 0.15) is 30.3 Å². The lowest BCUT2D eigenvalue weighted by atomic mass is 10.3. The van der Waals surface area contributed by atoms with Crippen LogP contribution in [-0.4, -0.2) is 36.9 Å². The van der Waals surface area contributed by atoms with Gasteiger partial charge in [-0.2, -0.15) is 0 Å². The molecule has 1 aromatic rings. The Morgan fingerprint density at radius 2 is 2.05 bits per heavy atom. The highest BCUT2D eigenvalue weighted by atomic mass is 35.5. The highest BCUT2D eigenvalue weighted by Gasteiger charge is 2.13. The zero-order chi connectivity index (χ0) is 15.0. The van der Waals surface area contributed by atoms with Crippen LogP contribution in [0.25, 0.3) is 0 Å². The van der Waals surface area contributed by atoms with Gasteiger partial charge in [0.1, 0.15) is 11.5 Å². The molecule has 20 heavy (non-hydrogen) atoms. The molecular weight excluding hydrogens is 280 g/mol. The fourth-order valence-corrected chi connectivity index (χ4v) is 1.64. The Morgan fingerprint density at radius 1 is 1.30 bits per heavy atom. The Kier molecular flexibility index (Phi) is 6.79. The third-order valence-electron chi connectivity index (χ3n) is 2.53. The second-order valence-corrected chi connectivity index (χ2v) is 4.54. The first-order valence-corrected chi connectivity index (χ1v) is 6.85. The van der Waals surface area contributed by atoms with Crippen molar-refractivity contribution in [1.29, 1.82) is 0 Å². The van der Waals surface area contributed by atoms with Crippen LogP contribution in [0.2, 0.25) is 5.02 Å². The minimum atomic E-state index is -0.390. The summed E-state index contributed by atoms with van der Waals surface area (Å²) in [5, 5.41) is 8.46. The number of anilines is 1. The molecule has 0 aromatic carbocycles. The van der Waals surface area contributed by atoms with Crippen LogP contribution >= 0.6 is 11.6 Å². The van der Waals surface area contributed by atoms with Gasteiger partial charge in [-0.05, 0) is 18.6 Å². The van der Waals surface area contributed by atoms with E-state index in [9.17, 15) is 9.59 Å². The molecule has 0 aliphatic rings. The van der Waals surface area contributed by atoms with E-state index in [0.29, 0.717) is 5.82 Å². The number of nitrogens with zero attached hydrogens (tertiary/aromatic N) is 1. The molecule has 3 N–H and O–H groups in total. The Hall–Kier alpha value is -1.82. The van der Waals surface area contributed by atoms with Gasteiger partial charge in [0.05, 0.1) is 5.02 Å². The van der Waals surface area contributed by atoms with Gasteiger partial charge in [-0.15, -0.1) is 0 Å². The van der Waals surface area contributed by atoms with Gasteiger partial charge in [-0.25, -0.2) is 4.98 Å². The van der Waals surface area contributed by atoms with Gasteiger partial charge >= 0.3 is 0 Å². The second-order valence-electron chi connectivity index (χ2n) is 4.13. The van der Waals surface area contributed by atoms with E-state index in [2.05, 4.69) is 20.9 Å². The number of nitrogens with one attached hydrogen (secondary N) is 3. The maximum atomic E-state index is 11.9. The summed E-state index contributed by atoms with van der Waals surface area (Å²) in [6.45, 7) is 3.05. The smallest absolute Gasteiger partial charge is 0.271 e. The van der Waals surface area contributed by atoms with Gasteiger partial charge in [0.2, 0.25) is 5.91 Å². The predicted octanol–water partition coefficient (Wildman–Crippen LogP) is 1.42. The molecular formula is C13H19ClN4O2. The quantitative estimate of drug-likeness (QED) is 0.711. The number of hydrogen-bond donors (Lipinski definition) is 3. The van der Waals surface area contributed by atoms with Gasteiger partial charge in [0, 0.05) is 26.6 Å². The number of aromatic nitrogens is 1. The Balaban J connectivity index is 2.64. The van der Waals surface area contributed by atoms with Crippen LogP contribution in [0.3, 0.4) is 0 Å². The largest absolute Gasteiger partial charge is 0.370 e. The van der Waals surface area contributed by atoms with Gasteiger partial charge in [-0.3, -0.25) is 9.59 Å². The van der Waals surface area contributed by atoms with Crippen molar-refractivity contribution >= 4 is 29.2 Å². The highest BCUT2D eigenvalue weighted by Crippen LogP contribution is 2.16. The summed E-state index contributed by atoms with van der Waals surface area (Å²) in [5.74, 6) is 0.0782. The molecule has 0 saturated heterocycles. The van der Waals surface area contributed by atoms with Gasteiger partial charge in [0.15, 0.2) is 0 Å². The molecule has 1 rings (SSSR count). The minimum absolute atomic E-state index is 0.136. The monoisotopic (exact) mass is 298 g/mol. The van der Waals surface area contributed by atoms with Crippen molar-refractivity contribution in [3.8, 4) is 0 Å². The number of pyridine rings is 1. The second kappa shape index (κ2) is 8.37. The van der Waals surface area contributed by atoms with Crippen molar-refractivity contribution in [3.05, 3.63) is 22.8 Å². The highest BCUT2D eigenvalue weighted by molar-refractivity contribution is 6.33. The third-order valence-corrected chi connectivity index (χ3v) is 2.84. The fourth-order valence-electron chi connectivity index (χ4n) is 1.45. The molecule has 0 radical (unpaired) electrons. The number of carbonyl (C=O) groups is 2. The van der Waals surface area contributed by atoms with E-state index >= 15 is 0 Å². The van der Waals surface area contributed by atoms with E-state index in [4.69, 9.17) is 11.6 Å². The summed E-state index contributed by atoms with van der Waals surface area (Å²) in [4.78, 5) is 27.2. The lowest BCUT2D eigenvalue weighted by molar-refractivity contribution is -0.120. The minimum Gasteiger partial charge on any atom is -0.370 e. The lowest BCUT2D eigenvalue weighted by Gasteiger charge is -2.09. The lowest BCUT2D eigenvalue weighted by Crippen LogP contribution is -2.30. The van der Waals surface area contributed by atoms with Crippen LogP contribution in [0.5, 0.6) is 0 Å². The summed E-state index contributed by atoms with van der Waals surface area (Å²) in [7, 11) is 1.55. The topological polar surface area (TPSA) is 83.1 Å². The summed E-state index contributed by atoms with van der Waals surface area (Å²) in [6, 6.07) is 3.35. The molecule has 0 spiro atoms. The van der Waals surface area contributed by atoms with E-state index in [1.807, 2.05) is 6.92 Å². The first-order chi connectivity index (χ1) is 9.58. The molecule has 1 heterocycles. The molecule has 0 unspecified atom stereocenters. The predicted molar refractivity (Wildman–Crippen MR) is 79.0 cm³/mol. The van der Waals surface area contributed by atoms with E-state index < -0.39 is 0 Å². The SMILES string of the molecule is CCCNc1ccc(Cl)c(C(=O)NCCC(=O)NC)n1. The number of hydrogen-bond acceptors (Lipinski definition) is 4. The number of amides is 2. The maximum Gasteiger partial charge on any atom is 0.271 e. The van der Waals surface area contributed by atoms with Crippen LogP contribution in [-0.2, 0) is 4.79 Å². The van der Waals surface area contributed by atoms with E-state index in [0.717, 1.165) is 13.0 Å². The number of rotatable bonds is 7. The normalized spacial score (nSPS) is 9.95. The van der Waals surface area contributed by atoms with E-state index in [1.165, 1.54) is 0 Å². The number of halogens is 1. The Bertz CT molecular complexity index is 479. The Morgan fingerprint density at radius 3 is 2.70 bits per heavy atom. The molecule has 0 aliphatic heterocycles. The first-order valence-electron chi connectivity index (χ1n) is 6.47. The molecule has 0 fully saturated rings.